The molecule has 21 heavy (non-hydrogen) atoms. The number of ether oxygens (including phenoxy) is 1. The van der Waals surface area contributed by atoms with Crippen molar-refractivity contribution in [2.45, 2.75) is 52.6 Å². The molecule has 3 atom stereocenters. The number of piperidine rings is 1. The molecule has 1 N–H and O–H groups in total. The van der Waals surface area contributed by atoms with E-state index in [1.807, 2.05) is 0 Å². The molecule has 0 radical (unpaired) electrons. The Morgan fingerprint density at radius 1 is 1.33 bits per heavy atom. The van der Waals surface area contributed by atoms with E-state index in [-0.39, 0.29) is 0 Å². The summed E-state index contributed by atoms with van der Waals surface area (Å²) in [5.74, 6) is 1.64. The van der Waals surface area contributed by atoms with Crippen LogP contribution in [0, 0.1) is 12.8 Å². The van der Waals surface area contributed by atoms with E-state index < -0.39 is 0 Å². The van der Waals surface area contributed by atoms with Crippen molar-refractivity contribution in [3.05, 3.63) is 23.8 Å². The van der Waals surface area contributed by atoms with Crippen molar-refractivity contribution in [3.63, 3.8) is 0 Å². The van der Waals surface area contributed by atoms with E-state index in [0.29, 0.717) is 18.0 Å². The van der Waals surface area contributed by atoms with Crippen LogP contribution in [0.25, 0.3) is 0 Å². The molecule has 0 bridgehead atoms. The third-order valence-electron chi connectivity index (χ3n) is 4.55. The quantitative estimate of drug-likeness (QED) is 0.889. The first-order valence-electron chi connectivity index (χ1n) is 8.21. The average Bonchev–Trinajstić information content (AvgIpc) is 2.44. The largest absolute Gasteiger partial charge is 0.491 e. The zero-order valence-corrected chi connectivity index (χ0v) is 14.1. The van der Waals surface area contributed by atoms with Crippen molar-refractivity contribution in [1.82, 2.24) is 4.90 Å². The first kappa shape index (κ1) is 16.2. The minimum atomic E-state index is 0.517. The van der Waals surface area contributed by atoms with E-state index in [2.05, 4.69) is 63.2 Å². The Morgan fingerprint density at radius 2 is 2.10 bits per heavy atom. The van der Waals surface area contributed by atoms with Gasteiger partial charge in [-0.1, -0.05) is 19.9 Å². The van der Waals surface area contributed by atoms with Gasteiger partial charge in [0.1, 0.15) is 5.75 Å². The Kier molecular flexibility index (Phi) is 5.51. The molecule has 1 aliphatic rings. The first-order chi connectivity index (χ1) is 10.0. The molecule has 3 heteroatoms. The Morgan fingerprint density at radius 3 is 2.81 bits per heavy atom. The highest BCUT2D eigenvalue weighted by molar-refractivity contribution is 5.58. The molecule has 1 aromatic rings. The van der Waals surface area contributed by atoms with Gasteiger partial charge in [0.15, 0.2) is 0 Å². The molecule has 1 aromatic carbocycles. The lowest BCUT2D eigenvalue weighted by Gasteiger charge is -2.40. The van der Waals surface area contributed by atoms with Crippen LogP contribution in [-0.4, -0.2) is 37.2 Å². The number of benzene rings is 1. The molecular formula is C18H30N2O. The average molecular weight is 290 g/mol. The number of aryl methyl sites for hydroxylation is 1. The summed E-state index contributed by atoms with van der Waals surface area (Å²) in [5.41, 5.74) is 2.39. The lowest BCUT2D eigenvalue weighted by molar-refractivity contribution is 0.145. The van der Waals surface area contributed by atoms with Crippen LogP contribution in [0.5, 0.6) is 5.75 Å². The molecule has 0 aromatic heterocycles. The first-order valence-corrected chi connectivity index (χ1v) is 8.21. The second-order valence-electron chi connectivity index (χ2n) is 6.60. The second kappa shape index (κ2) is 7.17. The van der Waals surface area contributed by atoms with Crippen molar-refractivity contribution < 1.29 is 4.74 Å². The number of anilines is 1. The standard InChI is InChI=1S/C18H30N2O/c1-6-9-21-18-10-13(2)7-8-16(18)19-17-11-15(4)20(5)12-14(17)3/h7-8,10,14-15,17,19H,6,9,11-12H2,1-5H3. The number of nitrogens with zero attached hydrogens (tertiary/aromatic N) is 1. The van der Waals surface area contributed by atoms with Gasteiger partial charge in [0.05, 0.1) is 12.3 Å². The van der Waals surface area contributed by atoms with Gasteiger partial charge in [-0.3, -0.25) is 0 Å². The van der Waals surface area contributed by atoms with Crippen LogP contribution in [0.2, 0.25) is 0 Å². The van der Waals surface area contributed by atoms with Crippen molar-refractivity contribution in [1.29, 1.82) is 0 Å². The van der Waals surface area contributed by atoms with Crippen molar-refractivity contribution in [2.24, 2.45) is 5.92 Å². The smallest absolute Gasteiger partial charge is 0.142 e. The van der Waals surface area contributed by atoms with Gasteiger partial charge in [-0.15, -0.1) is 0 Å². The lowest BCUT2D eigenvalue weighted by Crippen LogP contribution is -2.48. The molecule has 3 unspecified atom stereocenters. The fourth-order valence-electron chi connectivity index (χ4n) is 3.02. The van der Waals surface area contributed by atoms with E-state index in [1.165, 1.54) is 12.0 Å². The summed E-state index contributed by atoms with van der Waals surface area (Å²) >= 11 is 0. The maximum Gasteiger partial charge on any atom is 0.142 e. The number of likely N-dealkylation sites (tertiary alicyclic amines) is 1. The van der Waals surface area contributed by atoms with Gasteiger partial charge in [-0.25, -0.2) is 0 Å². The highest BCUT2D eigenvalue weighted by Crippen LogP contribution is 2.30. The van der Waals surface area contributed by atoms with Gasteiger partial charge in [0.25, 0.3) is 0 Å². The third kappa shape index (κ3) is 4.13. The van der Waals surface area contributed by atoms with Crippen LogP contribution in [0.15, 0.2) is 18.2 Å². The van der Waals surface area contributed by atoms with E-state index in [1.54, 1.807) is 0 Å². The van der Waals surface area contributed by atoms with Crippen LogP contribution in [0.3, 0.4) is 0 Å². The zero-order chi connectivity index (χ0) is 15.4. The minimum Gasteiger partial charge on any atom is -0.491 e. The summed E-state index contributed by atoms with van der Waals surface area (Å²) in [6.07, 6.45) is 2.22. The molecule has 1 heterocycles. The molecule has 1 fully saturated rings. The predicted molar refractivity (Wildman–Crippen MR) is 90.2 cm³/mol. The van der Waals surface area contributed by atoms with Crippen molar-refractivity contribution >= 4 is 5.69 Å². The van der Waals surface area contributed by atoms with Crippen LogP contribution in [-0.2, 0) is 0 Å². The van der Waals surface area contributed by atoms with Crippen LogP contribution in [0.4, 0.5) is 5.69 Å². The Labute approximate surface area is 129 Å². The Balaban J connectivity index is 2.11. The monoisotopic (exact) mass is 290 g/mol. The van der Waals surface area contributed by atoms with Crippen LogP contribution < -0.4 is 10.1 Å². The molecule has 1 saturated heterocycles. The van der Waals surface area contributed by atoms with E-state index in [0.717, 1.165) is 31.0 Å². The van der Waals surface area contributed by atoms with Crippen LogP contribution in [0.1, 0.15) is 39.2 Å². The minimum absolute atomic E-state index is 0.517. The molecule has 0 spiro atoms. The Bertz CT molecular complexity index is 461. The summed E-state index contributed by atoms with van der Waals surface area (Å²) in [4.78, 5) is 2.45. The molecule has 118 valence electrons. The number of hydrogen-bond acceptors (Lipinski definition) is 3. The molecule has 0 saturated carbocycles. The molecule has 0 aliphatic carbocycles. The number of hydrogen-bond donors (Lipinski definition) is 1. The second-order valence-corrected chi connectivity index (χ2v) is 6.60. The van der Waals surface area contributed by atoms with E-state index in [9.17, 15) is 0 Å². The maximum atomic E-state index is 5.92. The number of rotatable bonds is 5. The Hall–Kier alpha value is -1.22. The summed E-state index contributed by atoms with van der Waals surface area (Å²) in [5, 5.41) is 3.73. The topological polar surface area (TPSA) is 24.5 Å². The summed E-state index contributed by atoms with van der Waals surface area (Å²) in [6.45, 7) is 10.8. The maximum absolute atomic E-state index is 5.92. The van der Waals surface area contributed by atoms with E-state index >= 15 is 0 Å². The number of nitrogens with one attached hydrogen (secondary N) is 1. The SMILES string of the molecule is CCCOc1cc(C)ccc1NC1CC(C)N(C)CC1C. The van der Waals surface area contributed by atoms with Gasteiger partial charge in [-0.05, 0) is 57.4 Å². The van der Waals surface area contributed by atoms with Gasteiger partial charge >= 0.3 is 0 Å². The normalized spacial score (nSPS) is 26.6. The lowest BCUT2D eigenvalue weighted by atomic mass is 9.89. The predicted octanol–water partition coefficient (Wildman–Crippen LogP) is 3.92. The van der Waals surface area contributed by atoms with Gasteiger partial charge in [0.2, 0.25) is 0 Å². The zero-order valence-electron chi connectivity index (χ0n) is 14.1. The molecule has 1 aliphatic heterocycles. The molecule has 3 nitrogen and oxygen atoms in total. The molecular weight excluding hydrogens is 260 g/mol. The van der Waals surface area contributed by atoms with Gasteiger partial charge < -0.3 is 15.0 Å². The van der Waals surface area contributed by atoms with Crippen molar-refractivity contribution in [2.75, 3.05) is 25.5 Å². The summed E-state index contributed by atoms with van der Waals surface area (Å²) in [6, 6.07) is 7.60. The van der Waals surface area contributed by atoms with Gasteiger partial charge in [0, 0.05) is 18.6 Å². The highest BCUT2D eigenvalue weighted by Gasteiger charge is 2.29. The summed E-state index contributed by atoms with van der Waals surface area (Å²) < 4.78 is 5.92. The van der Waals surface area contributed by atoms with Crippen LogP contribution >= 0.6 is 0 Å². The fourth-order valence-corrected chi connectivity index (χ4v) is 3.02. The highest BCUT2D eigenvalue weighted by atomic mass is 16.5. The molecule has 2 rings (SSSR count). The van der Waals surface area contributed by atoms with Crippen molar-refractivity contribution in [3.8, 4) is 5.75 Å². The summed E-state index contributed by atoms with van der Waals surface area (Å²) in [7, 11) is 2.22. The van der Waals surface area contributed by atoms with Gasteiger partial charge in [-0.2, -0.15) is 0 Å². The third-order valence-corrected chi connectivity index (χ3v) is 4.55. The fraction of sp³-hybridized carbons (Fsp3) is 0.667. The molecule has 0 amide bonds. The van der Waals surface area contributed by atoms with E-state index in [4.69, 9.17) is 4.74 Å².